The summed E-state index contributed by atoms with van der Waals surface area (Å²) < 4.78 is 11.7. The van der Waals surface area contributed by atoms with Gasteiger partial charge < -0.3 is 14.8 Å². The molecule has 5 nitrogen and oxygen atoms in total. The van der Waals surface area contributed by atoms with Gasteiger partial charge in [0.25, 0.3) is 5.91 Å². The molecule has 2 aromatic rings. The van der Waals surface area contributed by atoms with Crippen LogP contribution >= 0.6 is 34.2 Å². The molecule has 0 heterocycles. The summed E-state index contributed by atoms with van der Waals surface area (Å²) in [5.41, 5.74) is 1.15. The van der Waals surface area contributed by atoms with E-state index in [1.54, 1.807) is 42.5 Å². The number of carbonyl (C=O) groups is 1. The average molecular weight is 495 g/mol. The van der Waals surface area contributed by atoms with E-state index in [0.29, 0.717) is 34.4 Å². The number of ether oxygens (including phenoxy) is 2. The lowest BCUT2D eigenvalue weighted by atomic mass is 10.1. The topological polar surface area (TPSA) is 71.3 Å². The number of hydrogen-bond acceptors (Lipinski definition) is 4. The summed E-state index contributed by atoms with van der Waals surface area (Å²) >= 11 is 7.94. The second-order valence-electron chi connectivity index (χ2n) is 5.26. The molecular formula is C20H16ClIN2O3. The number of amides is 1. The van der Waals surface area contributed by atoms with E-state index < -0.39 is 5.91 Å². The number of nitrogens with one attached hydrogen (secondary N) is 1. The number of methoxy groups -OCH3 is 1. The maximum Gasteiger partial charge on any atom is 0.266 e. The number of halogens is 2. The summed E-state index contributed by atoms with van der Waals surface area (Å²) in [6.07, 6.45) is 3.13. The third-order valence-corrected chi connectivity index (χ3v) is 4.43. The van der Waals surface area contributed by atoms with Crippen molar-refractivity contribution in [3.8, 4) is 17.6 Å². The van der Waals surface area contributed by atoms with Crippen molar-refractivity contribution < 1.29 is 14.3 Å². The Morgan fingerprint density at radius 2 is 2.07 bits per heavy atom. The quantitative estimate of drug-likeness (QED) is 0.253. The Bertz CT molecular complexity index is 918. The first kappa shape index (κ1) is 20.8. The van der Waals surface area contributed by atoms with Crippen molar-refractivity contribution in [2.45, 2.75) is 0 Å². The van der Waals surface area contributed by atoms with Gasteiger partial charge in [-0.1, -0.05) is 24.3 Å². The predicted molar refractivity (Wildman–Crippen MR) is 115 cm³/mol. The van der Waals surface area contributed by atoms with Gasteiger partial charge in [0, 0.05) is 10.7 Å². The van der Waals surface area contributed by atoms with Gasteiger partial charge in [-0.2, -0.15) is 5.26 Å². The van der Waals surface area contributed by atoms with Crippen molar-refractivity contribution in [1.82, 2.24) is 0 Å². The van der Waals surface area contributed by atoms with Gasteiger partial charge in [0.1, 0.15) is 18.2 Å². The van der Waals surface area contributed by atoms with E-state index in [2.05, 4.69) is 34.5 Å². The van der Waals surface area contributed by atoms with Crippen molar-refractivity contribution >= 4 is 51.9 Å². The van der Waals surface area contributed by atoms with Crippen molar-refractivity contribution in [2.24, 2.45) is 0 Å². The third kappa shape index (κ3) is 5.74. The van der Waals surface area contributed by atoms with Crippen LogP contribution in [0.5, 0.6) is 11.5 Å². The fourth-order valence-corrected chi connectivity index (χ4v) is 3.06. The SMILES string of the molecule is C=CCOc1c(I)cc(/C=C(\C#N)C(=O)Nc2ccc(Cl)cc2)cc1OC. The number of hydrogen-bond donors (Lipinski definition) is 1. The number of nitrogens with zero attached hydrogens (tertiary/aromatic N) is 1. The molecule has 0 aliphatic heterocycles. The van der Waals surface area contributed by atoms with Crippen LogP contribution in [0.4, 0.5) is 5.69 Å². The zero-order valence-electron chi connectivity index (χ0n) is 14.5. The molecule has 0 bridgehead atoms. The largest absolute Gasteiger partial charge is 0.493 e. The van der Waals surface area contributed by atoms with Crippen LogP contribution in [0.25, 0.3) is 6.08 Å². The third-order valence-electron chi connectivity index (χ3n) is 3.38. The first-order valence-corrected chi connectivity index (χ1v) is 9.24. The van der Waals surface area contributed by atoms with E-state index in [1.165, 1.54) is 13.2 Å². The molecule has 0 spiro atoms. The zero-order valence-corrected chi connectivity index (χ0v) is 17.4. The van der Waals surface area contributed by atoms with E-state index in [9.17, 15) is 10.1 Å². The van der Waals surface area contributed by atoms with Gasteiger partial charge in [-0.25, -0.2) is 0 Å². The monoisotopic (exact) mass is 494 g/mol. The number of carbonyl (C=O) groups excluding carboxylic acids is 1. The van der Waals surface area contributed by atoms with Crippen LogP contribution in [-0.2, 0) is 4.79 Å². The van der Waals surface area contributed by atoms with Crippen LogP contribution < -0.4 is 14.8 Å². The van der Waals surface area contributed by atoms with Crippen molar-refractivity contribution in [3.63, 3.8) is 0 Å². The molecular weight excluding hydrogens is 479 g/mol. The molecule has 0 fully saturated rings. The van der Waals surface area contributed by atoms with E-state index in [4.69, 9.17) is 21.1 Å². The van der Waals surface area contributed by atoms with E-state index in [0.717, 1.165) is 3.57 Å². The molecule has 0 atom stereocenters. The molecule has 0 saturated carbocycles. The zero-order chi connectivity index (χ0) is 19.8. The summed E-state index contributed by atoms with van der Waals surface area (Å²) in [6.45, 7) is 3.96. The van der Waals surface area contributed by atoms with Gasteiger partial charge in [-0.3, -0.25) is 4.79 Å². The van der Waals surface area contributed by atoms with Crippen LogP contribution in [0.15, 0.2) is 54.6 Å². The Morgan fingerprint density at radius 3 is 2.67 bits per heavy atom. The molecule has 2 rings (SSSR count). The van der Waals surface area contributed by atoms with Crippen molar-refractivity contribution in [1.29, 1.82) is 5.26 Å². The molecule has 1 N–H and O–H groups in total. The second kappa shape index (κ2) is 10.00. The van der Waals surface area contributed by atoms with Gasteiger partial charge >= 0.3 is 0 Å². The number of nitriles is 1. The summed E-state index contributed by atoms with van der Waals surface area (Å²) in [4.78, 5) is 12.4. The molecule has 1 amide bonds. The van der Waals surface area contributed by atoms with Gasteiger partial charge in [-0.15, -0.1) is 0 Å². The Morgan fingerprint density at radius 1 is 1.37 bits per heavy atom. The summed E-state index contributed by atoms with van der Waals surface area (Å²) in [5.74, 6) is 0.574. The highest BCUT2D eigenvalue weighted by atomic mass is 127. The van der Waals surface area contributed by atoms with Crippen LogP contribution in [0, 0.1) is 14.9 Å². The number of rotatable bonds is 7. The van der Waals surface area contributed by atoms with Gasteiger partial charge in [0.15, 0.2) is 11.5 Å². The molecule has 0 aliphatic rings. The highest BCUT2D eigenvalue weighted by Crippen LogP contribution is 2.34. The molecule has 0 aliphatic carbocycles. The summed E-state index contributed by atoms with van der Waals surface area (Å²) in [7, 11) is 1.53. The minimum Gasteiger partial charge on any atom is -0.493 e. The molecule has 0 saturated heterocycles. The van der Waals surface area contributed by atoms with E-state index >= 15 is 0 Å². The van der Waals surface area contributed by atoms with E-state index in [-0.39, 0.29) is 5.57 Å². The molecule has 138 valence electrons. The highest BCUT2D eigenvalue weighted by Gasteiger charge is 2.14. The maximum atomic E-state index is 12.4. The molecule has 0 aromatic heterocycles. The number of benzene rings is 2. The molecule has 27 heavy (non-hydrogen) atoms. The lowest BCUT2D eigenvalue weighted by Gasteiger charge is -2.12. The second-order valence-corrected chi connectivity index (χ2v) is 6.86. The van der Waals surface area contributed by atoms with Crippen LogP contribution in [0.2, 0.25) is 5.02 Å². The van der Waals surface area contributed by atoms with Crippen LogP contribution in [0.1, 0.15) is 5.56 Å². The lowest BCUT2D eigenvalue weighted by molar-refractivity contribution is -0.112. The Labute approximate surface area is 176 Å². The first-order valence-electron chi connectivity index (χ1n) is 7.78. The number of anilines is 1. The van der Waals surface area contributed by atoms with Gasteiger partial charge in [0.2, 0.25) is 0 Å². The first-order chi connectivity index (χ1) is 13.0. The summed E-state index contributed by atoms with van der Waals surface area (Å²) in [5, 5.41) is 12.6. The smallest absolute Gasteiger partial charge is 0.266 e. The Balaban J connectivity index is 2.29. The Kier molecular flexibility index (Phi) is 7.70. The fraction of sp³-hybridized carbons (Fsp3) is 0.100. The Hall–Kier alpha value is -2.50. The minimum absolute atomic E-state index is 0.0393. The summed E-state index contributed by atoms with van der Waals surface area (Å²) in [6, 6.07) is 12.1. The minimum atomic E-state index is -0.513. The average Bonchev–Trinajstić information content (AvgIpc) is 2.66. The van der Waals surface area contributed by atoms with Crippen molar-refractivity contribution in [2.75, 3.05) is 19.0 Å². The molecule has 7 heteroatoms. The predicted octanol–water partition coefficient (Wildman–Crippen LogP) is 5.06. The molecule has 0 radical (unpaired) electrons. The fourth-order valence-electron chi connectivity index (χ4n) is 2.15. The van der Waals surface area contributed by atoms with E-state index in [1.807, 2.05) is 6.07 Å². The highest BCUT2D eigenvalue weighted by molar-refractivity contribution is 14.1. The molecule has 2 aromatic carbocycles. The normalized spacial score (nSPS) is 10.7. The molecule has 0 unspecified atom stereocenters. The van der Waals surface area contributed by atoms with Gasteiger partial charge in [0.05, 0.1) is 10.7 Å². The standard InChI is InChI=1S/C20H16ClIN2O3/c1-3-8-27-19-17(22)10-13(11-18(19)26-2)9-14(12-23)20(25)24-16-6-4-15(21)5-7-16/h3-7,9-11H,1,8H2,2H3,(H,24,25)/b14-9+. The van der Waals surface area contributed by atoms with Crippen molar-refractivity contribution in [3.05, 3.63) is 68.8 Å². The maximum absolute atomic E-state index is 12.4. The van der Waals surface area contributed by atoms with Gasteiger partial charge in [-0.05, 0) is 70.6 Å². The lowest BCUT2D eigenvalue weighted by Crippen LogP contribution is -2.13. The van der Waals surface area contributed by atoms with Crippen LogP contribution in [-0.4, -0.2) is 19.6 Å². The van der Waals surface area contributed by atoms with Crippen LogP contribution in [0.3, 0.4) is 0 Å².